The zero-order valence-corrected chi connectivity index (χ0v) is 12.3. The van der Waals surface area contributed by atoms with Crippen LogP contribution in [0.3, 0.4) is 0 Å². The summed E-state index contributed by atoms with van der Waals surface area (Å²) in [5.74, 6) is -0.498. The third kappa shape index (κ3) is 4.72. The standard InChI is InChI=1S/C17H15ClFNO/c1-12(14-5-9-16(19)10-6-14)20-17(21)11-4-13-2-7-15(18)8-3-13/h2-12H,1H3,(H,20,21)/b11-4+. The van der Waals surface area contributed by atoms with Crippen molar-refractivity contribution in [3.63, 3.8) is 0 Å². The summed E-state index contributed by atoms with van der Waals surface area (Å²) >= 11 is 5.79. The van der Waals surface area contributed by atoms with E-state index in [1.165, 1.54) is 18.2 Å². The summed E-state index contributed by atoms with van der Waals surface area (Å²) in [7, 11) is 0. The van der Waals surface area contributed by atoms with Crippen LogP contribution in [0.5, 0.6) is 0 Å². The largest absolute Gasteiger partial charge is 0.346 e. The summed E-state index contributed by atoms with van der Waals surface area (Å²) in [6.07, 6.45) is 3.17. The topological polar surface area (TPSA) is 29.1 Å². The van der Waals surface area contributed by atoms with Gasteiger partial charge in [-0.05, 0) is 48.4 Å². The number of nitrogens with one attached hydrogen (secondary N) is 1. The first-order chi connectivity index (χ1) is 10.0. The Labute approximate surface area is 128 Å². The predicted octanol–water partition coefficient (Wildman–Crippen LogP) is 4.37. The van der Waals surface area contributed by atoms with Crippen molar-refractivity contribution in [1.82, 2.24) is 5.32 Å². The van der Waals surface area contributed by atoms with Crippen molar-refractivity contribution in [3.05, 3.63) is 76.6 Å². The second-order valence-electron chi connectivity index (χ2n) is 4.67. The first-order valence-electron chi connectivity index (χ1n) is 6.54. The lowest BCUT2D eigenvalue weighted by Gasteiger charge is -2.12. The predicted molar refractivity (Wildman–Crippen MR) is 83.4 cm³/mol. The van der Waals surface area contributed by atoms with Gasteiger partial charge in [0.15, 0.2) is 0 Å². The highest BCUT2D eigenvalue weighted by atomic mass is 35.5. The summed E-state index contributed by atoms with van der Waals surface area (Å²) in [6.45, 7) is 1.85. The van der Waals surface area contributed by atoms with E-state index in [-0.39, 0.29) is 17.8 Å². The maximum Gasteiger partial charge on any atom is 0.244 e. The first-order valence-corrected chi connectivity index (χ1v) is 6.92. The molecule has 1 atom stereocenters. The number of hydrogen-bond donors (Lipinski definition) is 1. The van der Waals surface area contributed by atoms with Gasteiger partial charge in [-0.25, -0.2) is 4.39 Å². The average Bonchev–Trinajstić information content (AvgIpc) is 2.47. The van der Waals surface area contributed by atoms with Crippen molar-refractivity contribution in [2.24, 2.45) is 0 Å². The Balaban J connectivity index is 1.94. The second kappa shape index (κ2) is 7.04. The zero-order chi connectivity index (χ0) is 15.2. The molecule has 2 aromatic carbocycles. The van der Waals surface area contributed by atoms with Crippen LogP contribution in [0, 0.1) is 5.82 Å². The van der Waals surface area contributed by atoms with E-state index in [0.717, 1.165) is 11.1 Å². The molecule has 2 rings (SSSR count). The minimum Gasteiger partial charge on any atom is -0.346 e. The molecule has 0 aromatic heterocycles. The van der Waals surface area contributed by atoms with E-state index in [1.807, 2.05) is 19.1 Å². The fourth-order valence-electron chi connectivity index (χ4n) is 1.84. The van der Waals surface area contributed by atoms with E-state index < -0.39 is 0 Å². The summed E-state index contributed by atoms with van der Waals surface area (Å²) in [5.41, 5.74) is 1.74. The van der Waals surface area contributed by atoms with Gasteiger partial charge in [0.25, 0.3) is 0 Å². The maximum absolute atomic E-state index is 12.8. The van der Waals surface area contributed by atoms with E-state index in [9.17, 15) is 9.18 Å². The maximum atomic E-state index is 12.8. The Morgan fingerprint density at radius 1 is 1.14 bits per heavy atom. The molecule has 0 saturated carbocycles. The second-order valence-corrected chi connectivity index (χ2v) is 5.10. The number of benzene rings is 2. The van der Waals surface area contributed by atoms with Gasteiger partial charge >= 0.3 is 0 Å². The third-order valence-corrected chi connectivity index (χ3v) is 3.28. The SMILES string of the molecule is CC(NC(=O)/C=C/c1ccc(Cl)cc1)c1ccc(F)cc1. The molecule has 0 aliphatic carbocycles. The smallest absolute Gasteiger partial charge is 0.244 e. The summed E-state index contributed by atoms with van der Waals surface area (Å²) < 4.78 is 12.8. The first kappa shape index (κ1) is 15.3. The molecule has 1 N–H and O–H groups in total. The molecule has 2 aromatic rings. The van der Waals surface area contributed by atoms with Gasteiger partial charge in [-0.1, -0.05) is 35.9 Å². The number of carbonyl (C=O) groups excluding carboxylic acids is 1. The molecule has 21 heavy (non-hydrogen) atoms. The molecular weight excluding hydrogens is 289 g/mol. The molecular formula is C17H15ClFNO. The number of halogens is 2. The highest BCUT2D eigenvalue weighted by molar-refractivity contribution is 6.30. The van der Waals surface area contributed by atoms with Crippen LogP contribution in [-0.4, -0.2) is 5.91 Å². The highest BCUT2D eigenvalue weighted by Crippen LogP contribution is 2.13. The monoisotopic (exact) mass is 303 g/mol. The molecule has 0 heterocycles. The minimum atomic E-state index is -0.292. The van der Waals surface area contributed by atoms with Gasteiger partial charge in [-0.2, -0.15) is 0 Å². The molecule has 0 bridgehead atoms. The van der Waals surface area contributed by atoms with E-state index in [2.05, 4.69) is 5.32 Å². The van der Waals surface area contributed by atoms with Crippen molar-refractivity contribution in [2.75, 3.05) is 0 Å². The van der Waals surface area contributed by atoms with Crippen LogP contribution in [0.25, 0.3) is 6.08 Å². The zero-order valence-electron chi connectivity index (χ0n) is 11.5. The van der Waals surface area contributed by atoms with Crippen molar-refractivity contribution in [1.29, 1.82) is 0 Å². The van der Waals surface area contributed by atoms with Crippen molar-refractivity contribution < 1.29 is 9.18 Å². The van der Waals surface area contributed by atoms with Gasteiger partial charge in [0.2, 0.25) is 5.91 Å². The molecule has 0 spiro atoms. The lowest BCUT2D eigenvalue weighted by molar-refractivity contribution is -0.117. The molecule has 2 nitrogen and oxygen atoms in total. The van der Waals surface area contributed by atoms with Crippen LogP contribution in [-0.2, 0) is 4.79 Å². The van der Waals surface area contributed by atoms with Crippen molar-refractivity contribution in [2.45, 2.75) is 13.0 Å². The van der Waals surface area contributed by atoms with Crippen LogP contribution in [0.15, 0.2) is 54.6 Å². The summed E-state index contributed by atoms with van der Waals surface area (Å²) in [4.78, 5) is 11.8. The Kier molecular flexibility index (Phi) is 5.12. The van der Waals surface area contributed by atoms with Crippen LogP contribution in [0.1, 0.15) is 24.1 Å². The van der Waals surface area contributed by atoms with Crippen molar-refractivity contribution in [3.8, 4) is 0 Å². The Hall–Kier alpha value is -2.13. The lowest BCUT2D eigenvalue weighted by Crippen LogP contribution is -2.24. The molecule has 108 valence electrons. The molecule has 1 amide bonds. The number of amides is 1. The van der Waals surface area contributed by atoms with Gasteiger partial charge in [0.1, 0.15) is 5.82 Å². The van der Waals surface area contributed by atoms with Crippen LogP contribution >= 0.6 is 11.6 Å². The highest BCUT2D eigenvalue weighted by Gasteiger charge is 2.07. The molecule has 0 aliphatic heterocycles. The normalized spacial score (nSPS) is 12.3. The average molecular weight is 304 g/mol. The van der Waals surface area contributed by atoms with Gasteiger partial charge < -0.3 is 5.32 Å². The molecule has 0 fully saturated rings. The Bertz CT molecular complexity index is 635. The number of carbonyl (C=O) groups is 1. The summed E-state index contributed by atoms with van der Waals surface area (Å²) in [5, 5.41) is 3.48. The van der Waals surface area contributed by atoms with Gasteiger partial charge in [-0.3, -0.25) is 4.79 Å². The molecule has 0 radical (unpaired) electrons. The molecule has 4 heteroatoms. The molecule has 0 aliphatic rings. The third-order valence-electron chi connectivity index (χ3n) is 3.03. The van der Waals surface area contributed by atoms with Gasteiger partial charge in [0, 0.05) is 11.1 Å². The minimum absolute atomic E-state index is 0.187. The van der Waals surface area contributed by atoms with Crippen molar-refractivity contribution >= 4 is 23.6 Å². The quantitative estimate of drug-likeness (QED) is 0.835. The van der Waals surface area contributed by atoms with Crippen LogP contribution in [0.4, 0.5) is 4.39 Å². The number of hydrogen-bond acceptors (Lipinski definition) is 1. The molecule has 1 unspecified atom stereocenters. The Morgan fingerprint density at radius 3 is 2.38 bits per heavy atom. The van der Waals surface area contributed by atoms with E-state index in [1.54, 1.807) is 30.3 Å². The van der Waals surface area contributed by atoms with Crippen LogP contribution < -0.4 is 5.32 Å². The summed E-state index contributed by atoms with van der Waals surface area (Å²) in [6, 6.07) is 13.1. The lowest BCUT2D eigenvalue weighted by atomic mass is 10.1. The van der Waals surface area contributed by atoms with Crippen LogP contribution in [0.2, 0.25) is 5.02 Å². The molecule has 0 saturated heterocycles. The van der Waals surface area contributed by atoms with E-state index >= 15 is 0 Å². The Morgan fingerprint density at radius 2 is 1.76 bits per heavy atom. The van der Waals surface area contributed by atoms with E-state index in [0.29, 0.717) is 5.02 Å². The van der Waals surface area contributed by atoms with Gasteiger partial charge in [-0.15, -0.1) is 0 Å². The van der Waals surface area contributed by atoms with E-state index in [4.69, 9.17) is 11.6 Å². The van der Waals surface area contributed by atoms with Gasteiger partial charge in [0.05, 0.1) is 6.04 Å². The fraction of sp³-hybridized carbons (Fsp3) is 0.118. The number of rotatable bonds is 4. The fourth-order valence-corrected chi connectivity index (χ4v) is 1.97.